The monoisotopic (exact) mass is 298 g/mol. The highest BCUT2D eigenvalue weighted by molar-refractivity contribution is 5.69. The van der Waals surface area contributed by atoms with Gasteiger partial charge in [0.25, 0.3) is 0 Å². The Kier molecular flexibility index (Phi) is 4.09. The van der Waals surface area contributed by atoms with Crippen LogP contribution in [-0.4, -0.2) is 26.4 Å². The molecule has 5 nitrogen and oxygen atoms in total. The first kappa shape index (κ1) is 14.2. The summed E-state index contributed by atoms with van der Waals surface area (Å²) < 4.78 is 20.7. The minimum absolute atomic E-state index is 0.290. The summed E-state index contributed by atoms with van der Waals surface area (Å²) >= 11 is 0. The van der Waals surface area contributed by atoms with E-state index >= 15 is 0 Å². The molecule has 0 atom stereocenters. The van der Waals surface area contributed by atoms with Gasteiger partial charge in [-0.3, -0.25) is 0 Å². The largest absolute Gasteiger partial charge is 0.478 e. The molecule has 0 unspecified atom stereocenters. The summed E-state index contributed by atoms with van der Waals surface area (Å²) in [7, 11) is 0. The number of hydrogen-bond acceptors (Lipinski definition) is 4. The molecule has 3 rings (SSSR count). The third-order valence-electron chi connectivity index (χ3n) is 3.14. The van der Waals surface area contributed by atoms with Gasteiger partial charge in [0.15, 0.2) is 0 Å². The van der Waals surface area contributed by atoms with Gasteiger partial charge in [0.05, 0.1) is 13.2 Å². The second-order valence-corrected chi connectivity index (χ2v) is 4.73. The average Bonchev–Trinajstić information content (AvgIpc) is 3.02. The van der Waals surface area contributed by atoms with Crippen molar-refractivity contribution in [1.29, 1.82) is 0 Å². The molecular weight excluding hydrogens is 283 g/mol. The van der Waals surface area contributed by atoms with E-state index in [1.165, 1.54) is 18.5 Å². The Morgan fingerprint density at radius 3 is 2.91 bits per heavy atom. The molecule has 112 valence electrons. The number of benzene rings is 1. The highest BCUT2D eigenvalue weighted by atomic mass is 19.1. The third-order valence-corrected chi connectivity index (χ3v) is 3.14. The van der Waals surface area contributed by atoms with Crippen LogP contribution < -0.4 is 4.74 Å². The van der Waals surface area contributed by atoms with E-state index < -0.39 is 0 Å². The van der Waals surface area contributed by atoms with Crippen LogP contribution in [0, 0.1) is 5.82 Å². The zero-order valence-electron chi connectivity index (χ0n) is 12.1. The van der Waals surface area contributed by atoms with Crippen LogP contribution in [0.2, 0.25) is 0 Å². The van der Waals surface area contributed by atoms with E-state index in [0.717, 1.165) is 16.7 Å². The van der Waals surface area contributed by atoms with E-state index in [9.17, 15) is 4.39 Å². The lowest BCUT2D eigenvalue weighted by Crippen LogP contribution is -2.03. The first-order chi connectivity index (χ1) is 10.8. The molecule has 0 N–H and O–H groups in total. The average molecular weight is 298 g/mol. The van der Waals surface area contributed by atoms with Crippen molar-refractivity contribution in [2.75, 3.05) is 6.61 Å². The van der Waals surface area contributed by atoms with Crippen molar-refractivity contribution in [3.63, 3.8) is 0 Å². The number of pyridine rings is 1. The Balaban J connectivity index is 2.00. The summed E-state index contributed by atoms with van der Waals surface area (Å²) in [6.45, 7) is 2.93. The van der Waals surface area contributed by atoms with E-state index in [1.807, 2.05) is 19.1 Å². The quantitative estimate of drug-likeness (QED) is 0.726. The minimum atomic E-state index is -0.290. The SMILES string of the molecule is CCOc1ncc(Cn2cncn2)cc1-c1cccc(F)c1. The Hall–Kier alpha value is -2.76. The fourth-order valence-electron chi connectivity index (χ4n) is 2.20. The van der Waals surface area contributed by atoms with E-state index in [4.69, 9.17) is 4.74 Å². The van der Waals surface area contributed by atoms with Crippen molar-refractivity contribution in [3.8, 4) is 17.0 Å². The zero-order valence-corrected chi connectivity index (χ0v) is 12.1. The molecule has 0 saturated heterocycles. The van der Waals surface area contributed by atoms with Gasteiger partial charge < -0.3 is 4.74 Å². The second kappa shape index (κ2) is 6.34. The van der Waals surface area contributed by atoms with Crippen LogP contribution in [0.25, 0.3) is 11.1 Å². The van der Waals surface area contributed by atoms with E-state index in [1.54, 1.807) is 23.3 Å². The molecule has 22 heavy (non-hydrogen) atoms. The molecule has 6 heteroatoms. The maximum Gasteiger partial charge on any atom is 0.221 e. The van der Waals surface area contributed by atoms with E-state index in [0.29, 0.717) is 19.0 Å². The standard InChI is InChI=1S/C16H15FN4O/c1-2-22-16-15(13-4-3-5-14(17)7-13)6-12(8-19-16)9-21-11-18-10-20-21/h3-8,10-11H,2,9H2,1H3. The van der Waals surface area contributed by atoms with E-state index in [2.05, 4.69) is 15.1 Å². The van der Waals surface area contributed by atoms with Crippen LogP contribution in [0.1, 0.15) is 12.5 Å². The molecule has 0 fully saturated rings. The zero-order chi connectivity index (χ0) is 15.4. The molecule has 1 aromatic carbocycles. The molecule has 0 saturated carbocycles. The molecule has 2 heterocycles. The molecule has 0 amide bonds. The smallest absolute Gasteiger partial charge is 0.221 e. The molecule has 2 aromatic heterocycles. The van der Waals surface area contributed by atoms with Crippen LogP contribution in [-0.2, 0) is 6.54 Å². The summed E-state index contributed by atoms with van der Waals surface area (Å²) in [5.74, 6) is 0.206. The van der Waals surface area contributed by atoms with Gasteiger partial charge in [0.1, 0.15) is 18.5 Å². The fraction of sp³-hybridized carbons (Fsp3) is 0.188. The molecule has 0 radical (unpaired) electrons. The topological polar surface area (TPSA) is 52.8 Å². The van der Waals surface area contributed by atoms with Crippen LogP contribution in [0.3, 0.4) is 0 Å². The van der Waals surface area contributed by atoms with Gasteiger partial charge in [-0.2, -0.15) is 5.10 Å². The molecule has 0 bridgehead atoms. The third kappa shape index (κ3) is 3.11. The van der Waals surface area contributed by atoms with Crippen LogP contribution in [0.15, 0.2) is 49.2 Å². The number of hydrogen-bond donors (Lipinski definition) is 0. The normalized spacial score (nSPS) is 10.6. The second-order valence-electron chi connectivity index (χ2n) is 4.73. The molecule has 3 aromatic rings. The molecule has 0 spiro atoms. The molecular formula is C16H15FN4O. The summed E-state index contributed by atoms with van der Waals surface area (Å²) in [6, 6.07) is 8.33. The van der Waals surface area contributed by atoms with Gasteiger partial charge in [0, 0.05) is 11.8 Å². The first-order valence-electron chi connectivity index (χ1n) is 6.96. The fourth-order valence-corrected chi connectivity index (χ4v) is 2.20. The minimum Gasteiger partial charge on any atom is -0.478 e. The number of halogens is 1. The Labute approximate surface area is 127 Å². The van der Waals surface area contributed by atoms with Crippen LogP contribution in [0.4, 0.5) is 4.39 Å². The summed E-state index contributed by atoms with van der Waals surface area (Å²) in [4.78, 5) is 8.26. The Morgan fingerprint density at radius 2 is 2.18 bits per heavy atom. The number of ether oxygens (including phenoxy) is 1. The first-order valence-corrected chi connectivity index (χ1v) is 6.96. The van der Waals surface area contributed by atoms with Gasteiger partial charge in [-0.25, -0.2) is 19.0 Å². The summed E-state index contributed by atoms with van der Waals surface area (Å²) in [5, 5.41) is 4.07. The highest BCUT2D eigenvalue weighted by Crippen LogP contribution is 2.29. The predicted molar refractivity (Wildman–Crippen MR) is 79.9 cm³/mol. The van der Waals surface area contributed by atoms with Gasteiger partial charge in [0.2, 0.25) is 5.88 Å². The van der Waals surface area contributed by atoms with Crippen molar-refractivity contribution < 1.29 is 9.13 Å². The Bertz CT molecular complexity index is 759. The van der Waals surface area contributed by atoms with Crippen molar-refractivity contribution in [1.82, 2.24) is 19.7 Å². The molecule has 0 aliphatic carbocycles. The predicted octanol–water partition coefficient (Wildman–Crippen LogP) is 2.93. The summed E-state index contributed by atoms with van der Waals surface area (Å²) in [5.41, 5.74) is 2.43. The lowest BCUT2D eigenvalue weighted by Gasteiger charge is -2.11. The van der Waals surface area contributed by atoms with Crippen molar-refractivity contribution in [2.45, 2.75) is 13.5 Å². The number of nitrogens with zero attached hydrogens (tertiary/aromatic N) is 4. The van der Waals surface area contributed by atoms with E-state index in [-0.39, 0.29) is 5.82 Å². The van der Waals surface area contributed by atoms with Crippen LogP contribution in [0.5, 0.6) is 5.88 Å². The lowest BCUT2D eigenvalue weighted by atomic mass is 10.1. The van der Waals surface area contributed by atoms with Crippen molar-refractivity contribution >= 4 is 0 Å². The van der Waals surface area contributed by atoms with Gasteiger partial charge >= 0.3 is 0 Å². The maximum atomic E-state index is 13.5. The van der Waals surface area contributed by atoms with Crippen LogP contribution >= 0.6 is 0 Å². The van der Waals surface area contributed by atoms with Gasteiger partial charge in [-0.15, -0.1) is 0 Å². The molecule has 0 aliphatic heterocycles. The van der Waals surface area contributed by atoms with Gasteiger partial charge in [-0.05, 0) is 36.2 Å². The maximum absolute atomic E-state index is 13.5. The summed E-state index contributed by atoms with van der Waals surface area (Å²) in [6.07, 6.45) is 4.85. The molecule has 0 aliphatic rings. The lowest BCUT2D eigenvalue weighted by molar-refractivity contribution is 0.328. The number of rotatable bonds is 5. The highest BCUT2D eigenvalue weighted by Gasteiger charge is 2.10. The van der Waals surface area contributed by atoms with Crippen molar-refractivity contribution in [2.24, 2.45) is 0 Å². The van der Waals surface area contributed by atoms with Gasteiger partial charge in [-0.1, -0.05) is 12.1 Å². The Morgan fingerprint density at radius 1 is 1.27 bits per heavy atom. The number of aromatic nitrogens is 4. The van der Waals surface area contributed by atoms with Crippen molar-refractivity contribution in [3.05, 3.63) is 60.6 Å².